The molecule has 0 rings (SSSR count). The van der Waals surface area contributed by atoms with Crippen molar-refractivity contribution in [2.45, 2.75) is 318 Å². The molecule has 0 bridgehead atoms. The summed E-state index contributed by atoms with van der Waals surface area (Å²) in [6.07, 6.45) is 1.02. The van der Waals surface area contributed by atoms with Crippen LogP contribution in [-0.2, 0) is 57.1 Å². The second-order valence-corrected chi connectivity index (χ2v) is 35.5. The largest absolute Gasteiger partial charge is 0.480 e. The molecule has 5 atom stereocenters. The minimum absolute atomic E-state index is 0. The number of aliphatic carboxylic acids is 1. The van der Waals surface area contributed by atoms with Crippen molar-refractivity contribution >= 4 is 125 Å². The lowest BCUT2D eigenvalue weighted by Gasteiger charge is -2.25. The van der Waals surface area contributed by atoms with Crippen LogP contribution in [0.15, 0.2) is 25.0 Å². The van der Waals surface area contributed by atoms with Crippen molar-refractivity contribution in [1.29, 1.82) is 0 Å². The lowest BCUT2D eigenvalue weighted by Crippen LogP contribution is -2.48. The normalized spacial score (nSPS) is 11.9. The summed E-state index contributed by atoms with van der Waals surface area (Å²) >= 11 is 14.4. The summed E-state index contributed by atoms with van der Waals surface area (Å²) in [6, 6.07) is -3.01. The summed E-state index contributed by atoms with van der Waals surface area (Å²) in [4.78, 5) is 187. The Morgan fingerprint density at radius 2 is 0.689 bits per heavy atom. The number of nitrogens with one attached hydrogen (secondary N) is 13. The van der Waals surface area contributed by atoms with Gasteiger partial charge in [0.2, 0.25) is 0 Å². The van der Waals surface area contributed by atoms with Crippen molar-refractivity contribution in [2.24, 2.45) is 76.7 Å². The number of aliphatic imine (C=N–C) groups is 5. The molecule has 30 N–H and O–H groups in total. The third kappa shape index (κ3) is 147. The van der Waals surface area contributed by atoms with Crippen molar-refractivity contribution in [3.05, 3.63) is 50.6 Å². The predicted octanol–water partition coefficient (Wildman–Crippen LogP) is 6.80. The van der Waals surface area contributed by atoms with Gasteiger partial charge in [0.15, 0.2) is 25.2 Å². The van der Waals surface area contributed by atoms with E-state index in [1.54, 1.807) is 145 Å². The first-order valence-corrected chi connectivity index (χ1v) is 44.6. The molecular weight excluding hydrogens is 2030 g/mol. The van der Waals surface area contributed by atoms with Gasteiger partial charge in [-0.25, -0.2) is 119 Å². The lowest BCUT2D eigenvalue weighted by molar-refractivity contribution is -0.525. The van der Waals surface area contributed by atoms with Gasteiger partial charge in [0.05, 0.1) is 25.1 Å². The molecule has 0 saturated heterocycles. The molecular formula is C83H187Cl3N32O30. The fraction of sp³-hybridized carbons (Fsp3) is 0.819. The van der Waals surface area contributed by atoms with Crippen LogP contribution in [0.4, 0.5) is 33.6 Å². The molecule has 880 valence electrons. The number of carboxylic acid groups (broad SMARTS) is 1. The van der Waals surface area contributed by atoms with Crippen molar-refractivity contribution in [3.8, 4) is 0 Å². The Bertz CT molecular complexity index is 3700. The average Bonchev–Trinajstić information content (AvgIpc) is 0.881. The quantitative estimate of drug-likeness (QED) is 0.00343. The number of hydroxylamine groups is 2. The van der Waals surface area contributed by atoms with Gasteiger partial charge in [-0.3, -0.25) is 9.63 Å². The van der Waals surface area contributed by atoms with Crippen LogP contribution in [-0.4, -0.2) is 315 Å². The molecule has 0 radical (unpaired) electrons. The zero-order valence-corrected chi connectivity index (χ0v) is 87.4. The smallest absolute Gasteiger partial charge is 0.408 e. The van der Waals surface area contributed by atoms with Gasteiger partial charge in [0.1, 0.15) is 52.0 Å². The number of alkyl carbamates (subject to hydrolysis) is 6. The number of methoxy groups -OCH3 is 1. The van der Waals surface area contributed by atoms with Gasteiger partial charge in [-0.15, -0.1) is 23.2 Å². The summed E-state index contributed by atoms with van der Waals surface area (Å²) in [7, 11) is 5.97. The molecule has 148 heavy (non-hydrogen) atoms. The molecule has 62 nitrogen and oxygen atoms in total. The number of amides is 7. The maximum Gasteiger partial charge on any atom is 0.408 e. The number of hydrazine groups is 5. The summed E-state index contributed by atoms with van der Waals surface area (Å²) in [5, 5.41) is 78.0. The minimum Gasteiger partial charge on any atom is -0.480 e. The Balaban J connectivity index is -0.0000000988. The number of carbonyl (C=O) groups is 10. The van der Waals surface area contributed by atoms with E-state index in [1.165, 1.54) is 14.2 Å². The molecule has 0 spiro atoms. The second-order valence-electron chi connectivity index (χ2n) is 34.4. The Hall–Kier alpha value is -12.4. The van der Waals surface area contributed by atoms with Gasteiger partial charge >= 0.3 is 48.0 Å². The molecule has 0 aromatic heterocycles. The standard InChI is InChI=1S/C18H37N7O6.C13H26N6O6.C11H21N5O6.C11H21N5O5.C8H21N7O2.C7H16N2O2.C5H9ClO2.C2H6O.CH2Cl2.7CH4/c1-17(2,3)30-15(26)22-11-10-20-12-13(23-16(27)31-18(4,5)6)8-7-9-21-14(19)24-25(28)29;1-13(2,3)25-12(21)16-9(10(20)18(4)24-5)7-6-8-15-11(14)17-19(22)23;1-11(2,3)22-10(19)14-7(8(17)18)5-4-6-13-9(12)15-16(20)21;1-11(2,3)21-10(18)14-8(7-17)5-4-6-13-9(12)15-16(19)20;9-3-5-12-6-7(10)2-1-4-13-8(11)14-15(16)17;1-7(2,3)11-6(10)9-5-4-8;1-4(2)3-8-5(6)7;1-3-2;2-1-3;;;;;;;/h13,20H,7-12H2,1-6H3,(H,22,26)(H,23,27)(H3,19,21,24);9H,6-8H2,1-5H3,(H,16,21)(H3,14,15,17);7H,4-6H2,1-3H3,(H,14,19)(H,17,18)(H3,12,13,15);7-8H,4-6H2,1-3H3,(H,14,18)(H3,12,13,15);7,12H,1-6,9-10H2,(H3,11,13,14);4-5,8H2,1-3H3,(H,9,10);4H,3H2,1-2H3;1-2H3;1H2;7*1H4/t13-;9-;7-;8-;7-;;;;;;;;;;;/m00000.........../s1. The number of carboxylic acids is 1. The maximum absolute atomic E-state index is 12.2. The molecule has 0 aliphatic carbocycles. The van der Waals surface area contributed by atoms with Gasteiger partial charge in [-0.2, -0.15) is 0 Å². The van der Waals surface area contributed by atoms with E-state index in [-0.39, 0.29) is 145 Å². The SMILES string of the molecule is C.C.C.C.C.C.C.CC(C)(C)OC(=O)NCCN.CC(C)(C)OC(=O)NCCNC[C@H](CCCN=C(N)N[N+](=O)[O-])NC(=O)OC(C)(C)C.CC(C)(C)OC(=O)N[C@@H](CCCN=C(N)N[N+](=O)[O-])C(=O)O.CC(C)(C)OC(=O)N[C@H](C=O)CCCN=C(N)N[N+](=O)[O-].CC(C)COC(=O)Cl.COC.CON(C)C(=O)[C@H](CCCN=C(N)N[N+](=O)[O-])NC(=O)OC(C)(C)C.ClCCl.NCCNC[C@@H](N)CCCN=C(N)N[N+](=O)[O-]. The number of rotatable bonds is 46. The Labute approximate surface area is 887 Å². The van der Waals surface area contributed by atoms with E-state index in [0.29, 0.717) is 103 Å². The Kier molecular flexibility index (Phi) is 117. The molecule has 0 aliphatic heterocycles. The highest BCUT2D eigenvalue weighted by Crippen LogP contribution is 2.14. The summed E-state index contributed by atoms with van der Waals surface area (Å²) in [5.41, 5.74) is 46.7. The van der Waals surface area contributed by atoms with Crippen LogP contribution in [0.25, 0.3) is 0 Å². The highest BCUT2D eigenvalue weighted by atomic mass is 35.5. The topological polar surface area (TPSA) is 919 Å². The van der Waals surface area contributed by atoms with E-state index in [1.807, 2.05) is 34.6 Å². The van der Waals surface area contributed by atoms with Crippen LogP contribution in [0, 0.1) is 56.5 Å². The predicted molar refractivity (Wildman–Crippen MR) is 574 cm³/mol. The molecule has 0 fully saturated rings. The fourth-order valence-electron chi connectivity index (χ4n) is 8.35. The maximum atomic E-state index is 12.2. The second kappa shape index (κ2) is 101. The van der Waals surface area contributed by atoms with Crippen molar-refractivity contribution in [2.75, 3.05) is 125 Å². The number of hydrogen-bond donors (Lipinski definition) is 22. The van der Waals surface area contributed by atoms with Crippen molar-refractivity contribution in [3.63, 3.8) is 0 Å². The van der Waals surface area contributed by atoms with Crippen LogP contribution in [0.2, 0.25) is 0 Å². The Morgan fingerprint density at radius 3 is 0.966 bits per heavy atom. The zero-order chi connectivity index (χ0) is 111. The number of alkyl halides is 2. The number of carbonyl (C=O) groups excluding carboxylic acids is 9. The van der Waals surface area contributed by atoms with E-state index in [4.69, 9.17) is 119 Å². The van der Waals surface area contributed by atoms with Crippen molar-refractivity contribution < 1.29 is 121 Å². The molecule has 65 heteroatoms. The summed E-state index contributed by atoms with van der Waals surface area (Å²) < 4.78 is 39.1. The Morgan fingerprint density at radius 1 is 0.419 bits per heavy atom. The lowest BCUT2D eigenvalue weighted by atomic mass is 10.1. The molecule has 0 aliphatic rings. The van der Waals surface area contributed by atoms with Crippen LogP contribution < -0.4 is 116 Å². The van der Waals surface area contributed by atoms with Gasteiger partial charge < -0.3 is 136 Å². The third-order valence-electron chi connectivity index (χ3n) is 13.4. The average molecular weight is 2220 g/mol. The summed E-state index contributed by atoms with van der Waals surface area (Å²) in [6.45, 7) is 40.8. The van der Waals surface area contributed by atoms with E-state index in [2.05, 4.69) is 77.0 Å². The first-order chi connectivity index (χ1) is 64.7. The fourth-order valence-corrected chi connectivity index (χ4v) is 8.41. The molecule has 0 heterocycles. The van der Waals surface area contributed by atoms with Gasteiger partial charge in [-0.05, 0) is 195 Å². The number of aldehydes is 1. The van der Waals surface area contributed by atoms with E-state index in [0.717, 1.165) is 24.4 Å². The number of likely N-dealkylation sites (N-methyl/N-ethyl adjacent to an activating group) is 1. The van der Waals surface area contributed by atoms with Gasteiger partial charge in [0.25, 0.3) is 35.7 Å². The van der Waals surface area contributed by atoms with E-state index < -0.39 is 131 Å². The highest BCUT2D eigenvalue weighted by Gasteiger charge is 2.29. The third-order valence-corrected chi connectivity index (χ3v) is 13.5. The van der Waals surface area contributed by atoms with Crippen LogP contribution in [0.5, 0.6) is 0 Å². The number of halogens is 3. The number of nitrogens with zero attached hydrogens (tertiary/aromatic N) is 11. The molecule has 0 aromatic rings. The number of nitrogens with two attached hydrogens (primary N) is 8. The monoisotopic (exact) mass is 2220 g/mol. The number of hydrogen-bond acceptors (Lipinski definition) is 39. The van der Waals surface area contributed by atoms with E-state index in [9.17, 15) is 98.5 Å². The molecule has 7 amide bonds. The van der Waals surface area contributed by atoms with Crippen LogP contribution in [0.3, 0.4) is 0 Å². The number of nitro groups is 5. The highest BCUT2D eigenvalue weighted by molar-refractivity contribution is 6.61. The number of ether oxygens (including phenoxy) is 8. The summed E-state index contributed by atoms with van der Waals surface area (Å²) in [5.74, 6) is -2.85. The number of guanidine groups is 5. The van der Waals surface area contributed by atoms with Crippen LogP contribution >= 0.6 is 34.8 Å². The minimum atomic E-state index is -1.22. The molecule has 0 aromatic carbocycles. The van der Waals surface area contributed by atoms with Gasteiger partial charge in [0, 0.05) is 130 Å². The first-order valence-electron chi connectivity index (χ1n) is 43.1. The molecule has 0 saturated carbocycles. The van der Waals surface area contributed by atoms with E-state index >= 15 is 0 Å². The van der Waals surface area contributed by atoms with Crippen molar-refractivity contribution in [1.82, 2.24) is 74.7 Å². The van der Waals surface area contributed by atoms with Gasteiger partial charge in [-0.1, -0.05) is 93.0 Å². The molecule has 0 unspecified atom stereocenters. The first kappa shape index (κ1) is 172. The zero-order valence-electron chi connectivity index (χ0n) is 85.2. The van der Waals surface area contributed by atoms with Crippen LogP contribution in [0.1, 0.15) is 255 Å².